The Balaban J connectivity index is 1.67. The van der Waals surface area contributed by atoms with Crippen LogP contribution in [-0.4, -0.2) is 16.8 Å². The second-order valence-electron chi connectivity index (χ2n) is 5.66. The summed E-state index contributed by atoms with van der Waals surface area (Å²) in [4.78, 5) is 0. The lowest BCUT2D eigenvalue weighted by Crippen LogP contribution is -2.29. The number of aliphatic hydroxyl groups is 1. The van der Waals surface area contributed by atoms with Gasteiger partial charge in [-0.1, -0.05) is 36.4 Å². The number of hydrogen-bond acceptors (Lipinski definition) is 3. The Morgan fingerprint density at radius 3 is 2.76 bits per heavy atom. The summed E-state index contributed by atoms with van der Waals surface area (Å²) in [6.07, 6.45) is 2.70. The molecular formula is C18H21NO2. The van der Waals surface area contributed by atoms with Gasteiger partial charge in [0.1, 0.15) is 5.75 Å². The molecule has 1 aliphatic carbocycles. The van der Waals surface area contributed by atoms with Crippen LogP contribution in [0.1, 0.15) is 41.7 Å². The van der Waals surface area contributed by atoms with E-state index in [2.05, 4.69) is 5.32 Å². The summed E-state index contributed by atoms with van der Waals surface area (Å²) in [5, 5.41) is 23.3. The summed E-state index contributed by atoms with van der Waals surface area (Å²) in [6, 6.07) is 15.6. The van der Waals surface area contributed by atoms with Gasteiger partial charge in [-0.25, -0.2) is 0 Å². The minimum atomic E-state index is -0.492. The molecule has 0 saturated carbocycles. The van der Waals surface area contributed by atoms with Crippen LogP contribution >= 0.6 is 0 Å². The van der Waals surface area contributed by atoms with Crippen LogP contribution in [0.4, 0.5) is 0 Å². The molecule has 2 unspecified atom stereocenters. The number of aryl methyl sites for hydroxylation is 1. The predicted molar refractivity (Wildman–Crippen MR) is 83.2 cm³/mol. The smallest absolute Gasteiger partial charge is 0.115 e. The van der Waals surface area contributed by atoms with Crippen LogP contribution in [-0.2, 0) is 6.42 Å². The standard InChI is InChI=1S/C18H21NO2/c20-15-9-10-16-14(11-15)7-4-8-17(16)19-12-18(21)13-5-2-1-3-6-13/h1-3,5-6,9-11,17-21H,4,7-8,12H2. The largest absolute Gasteiger partial charge is 0.508 e. The quantitative estimate of drug-likeness (QED) is 0.808. The first-order chi connectivity index (χ1) is 10.2. The van der Waals surface area contributed by atoms with Crippen LogP contribution in [0.5, 0.6) is 5.75 Å². The zero-order valence-electron chi connectivity index (χ0n) is 12.0. The number of aliphatic hydroxyl groups excluding tert-OH is 1. The van der Waals surface area contributed by atoms with E-state index in [1.54, 1.807) is 6.07 Å². The molecule has 3 N–H and O–H groups in total. The Morgan fingerprint density at radius 2 is 1.95 bits per heavy atom. The van der Waals surface area contributed by atoms with E-state index < -0.39 is 6.10 Å². The number of nitrogens with one attached hydrogen (secondary N) is 1. The lowest BCUT2D eigenvalue weighted by Gasteiger charge is -2.27. The summed E-state index contributed by atoms with van der Waals surface area (Å²) in [5.41, 5.74) is 3.40. The molecule has 2 aromatic carbocycles. The zero-order chi connectivity index (χ0) is 14.7. The molecule has 2 aromatic rings. The van der Waals surface area contributed by atoms with Crippen molar-refractivity contribution < 1.29 is 10.2 Å². The van der Waals surface area contributed by atoms with Crippen molar-refractivity contribution >= 4 is 0 Å². The minimum Gasteiger partial charge on any atom is -0.508 e. The lowest BCUT2D eigenvalue weighted by atomic mass is 9.87. The van der Waals surface area contributed by atoms with Crippen molar-refractivity contribution in [3.8, 4) is 5.75 Å². The van der Waals surface area contributed by atoms with Crippen LogP contribution in [0.15, 0.2) is 48.5 Å². The van der Waals surface area contributed by atoms with Crippen molar-refractivity contribution in [1.82, 2.24) is 5.32 Å². The Hall–Kier alpha value is -1.84. The average molecular weight is 283 g/mol. The minimum absolute atomic E-state index is 0.257. The van der Waals surface area contributed by atoms with E-state index in [0.717, 1.165) is 24.8 Å². The molecule has 0 heterocycles. The van der Waals surface area contributed by atoms with Crippen molar-refractivity contribution in [3.63, 3.8) is 0 Å². The second kappa shape index (κ2) is 6.29. The number of aromatic hydroxyl groups is 1. The van der Waals surface area contributed by atoms with Crippen molar-refractivity contribution in [1.29, 1.82) is 0 Å². The van der Waals surface area contributed by atoms with Crippen molar-refractivity contribution in [2.45, 2.75) is 31.4 Å². The molecule has 0 bridgehead atoms. The van der Waals surface area contributed by atoms with Gasteiger partial charge in [-0.3, -0.25) is 0 Å². The molecule has 0 amide bonds. The van der Waals surface area contributed by atoms with Crippen LogP contribution < -0.4 is 5.32 Å². The summed E-state index contributed by atoms with van der Waals surface area (Å²) >= 11 is 0. The Morgan fingerprint density at radius 1 is 1.14 bits per heavy atom. The first kappa shape index (κ1) is 14.1. The molecule has 2 atom stereocenters. The van der Waals surface area contributed by atoms with Crippen molar-refractivity contribution in [2.24, 2.45) is 0 Å². The zero-order valence-corrected chi connectivity index (χ0v) is 12.0. The fourth-order valence-electron chi connectivity index (χ4n) is 3.06. The number of phenolic OH excluding ortho intramolecular Hbond substituents is 1. The van der Waals surface area contributed by atoms with Crippen molar-refractivity contribution in [3.05, 3.63) is 65.2 Å². The molecule has 0 aromatic heterocycles. The third-order valence-corrected chi connectivity index (χ3v) is 4.18. The highest BCUT2D eigenvalue weighted by atomic mass is 16.3. The topological polar surface area (TPSA) is 52.5 Å². The van der Waals surface area contributed by atoms with Gasteiger partial charge in [-0.2, -0.15) is 0 Å². The summed E-state index contributed by atoms with van der Waals surface area (Å²) in [6.45, 7) is 0.537. The van der Waals surface area contributed by atoms with Gasteiger partial charge in [0.05, 0.1) is 6.10 Å². The van der Waals surface area contributed by atoms with Gasteiger partial charge in [-0.15, -0.1) is 0 Å². The van der Waals surface area contributed by atoms with Gasteiger partial charge >= 0.3 is 0 Å². The van der Waals surface area contributed by atoms with E-state index in [0.29, 0.717) is 12.3 Å². The molecule has 3 nitrogen and oxygen atoms in total. The van der Waals surface area contributed by atoms with E-state index in [1.165, 1.54) is 11.1 Å². The average Bonchev–Trinajstić information content (AvgIpc) is 2.53. The van der Waals surface area contributed by atoms with E-state index in [9.17, 15) is 10.2 Å². The van der Waals surface area contributed by atoms with E-state index in [1.807, 2.05) is 42.5 Å². The van der Waals surface area contributed by atoms with Crippen molar-refractivity contribution in [2.75, 3.05) is 6.54 Å². The monoisotopic (exact) mass is 283 g/mol. The molecule has 0 spiro atoms. The number of hydrogen-bond donors (Lipinski definition) is 3. The highest BCUT2D eigenvalue weighted by Crippen LogP contribution is 2.32. The first-order valence-corrected chi connectivity index (χ1v) is 7.52. The molecule has 0 radical (unpaired) electrons. The second-order valence-corrected chi connectivity index (χ2v) is 5.66. The van der Waals surface area contributed by atoms with Crippen LogP contribution in [0.2, 0.25) is 0 Å². The number of phenols is 1. The molecular weight excluding hydrogens is 262 g/mol. The summed E-state index contributed by atoms with van der Waals surface area (Å²) in [7, 11) is 0. The molecule has 21 heavy (non-hydrogen) atoms. The first-order valence-electron chi connectivity index (χ1n) is 7.52. The van der Waals surface area contributed by atoms with E-state index in [4.69, 9.17) is 0 Å². The van der Waals surface area contributed by atoms with Gasteiger partial charge in [0.25, 0.3) is 0 Å². The fourth-order valence-corrected chi connectivity index (χ4v) is 3.06. The highest BCUT2D eigenvalue weighted by Gasteiger charge is 2.21. The molecule has 110 valence electrons. The molecule has 0 saturated heterocycles. The van der Waals surface area contributed by atoms with Crippen LogP contribution in [0.25, 0.3) is 0 Å². The van der Waals surface area contributed by atoms with Gasteiger partial charge in [-0.05, 0) is 48.1 Å². The number of benzene rings is 2. The van der Waals surface area contributed by atoms with Gasteiger partial charge < -0.3 is 15.5 Å². The normalized spacial score (nSPS) is 19.0. The van der Waals surface area contributed by atoms with E-state index >= 15 is 0 Å². The van der Waals surface area contributed by atoms with E-state index in [-0.39, 0.29) is 6.04 Å². The predicted octanol–water partition coefficient (Wildman–Crippen LogP) is 3.09. The third-order valence-electron chi connectivity index (χ3n) is 4.18. The Bertz CT molecular complexity index is 597. The SMILES string of the molecule is Oc1ccc2c(c1)CCCC2NCC(O)c1ccccc1. The van der Waals surface area contributed by atoms with Crippen LogP contribution in [0, 0.1) is 0 Å². The molecule has 0 fully saturated rings. The maximum absolute atomic E-state index is 10.2. The summed E-state index contributed by atoms with van der Waals surface area (Å²) in [5.74, 6) is 0.332. The third kappa shape index (κ3) is 3.26. The fraction of sp³-hybridized carbons (Fsp3) is 0.333. The number of fused-ring (bicyclic) bond motifs is 1. The van der Waals surface area contributed by atoms with Gasteiger partial charge in [0, 0.05) is 12.6 Å². The Labute approximate surface area is 125 Å². The maximum atomic E-state index is 10.2. The summed E-state index contributed by atoms with van der Waals surface area (Å²) < 4.78 is 0. The molecule has 0 aliphatic heterocycles. The van der Waals surface area contributed by atoms with Crippen LogP contribution in [0.3, 0.4) is 0 Å². The number of rotatable bonds is 4. The van der Waals surface area contributed by atoms with Gasteiger partial charge in [0.15, 0.2) is 0 Å². The Kier molecular flexibility index (Phi) is 4.23. The lowest BCUT2D eigenvalue weighted by molar-refractivity contribution is 0.168. The highest BCUT2D eigenvalue weighted by molar-refractivity contribution is 5.38. The maximum Gasteiger partial charge on any atom is 0.115 e. The molecule has 3 heteroatoms. The molecule has 3 rings (SSSR count). The van der Waals surface area contributed by atoms with Gasteiger partial charge in [0.2, 0.25) is 0 Å². The molecule has 1 aliphatic rings.